The fraction of sp³-hybridized carbons (Fsp3) is 0.917. The molecule has 0 aliphatic carbocycles. The summed E-state index contributed by atoms with van der Waals surface area (Å²) in [7, 11) is 0. The van der Waals surface area contributed by atoms with Crippen LogP contribution in [-0.2, 0) is 9.47 Å². The monoisotopic (exact) mass is 430 g/mol. The van der Waals surface area contributed by atoms with Gasteiger partial charge in [0, 0.05) is 0 Å². The molecule has 0 aromatic carbocycles. The third-order valence-corrected chi connectivity index (χ3v) is 5.91. The molecule has 1 fully saturated rings. The molecule has 6 heteroatoms. The van der Waals surface area contributed by atoms with Gasteiger partial charge in [0.05, 0.1) is 12.7 Å². The van der Waals surface area contributed by atoms with Crippen molar-refractivity contribution < 1.29 is 29.9 Å². The summed E-state index contributed by atoms with van der Waals surface area (Å²) < 4.78 is 11.4. The van der Waals surface area contributed by atoms with E-state index in [-0.39, 0.29) is 12.7 Å². The maximum absolute atomic E-state index is 10.8. The molecule has 0 amide bonds. The Kier molecular flexibility index (Phi) is 14.1. The van der Waals surface area contributed by atoms with Gasteiger partial charge in [0.15, 0.2) is 0 Å². The normalized spacial score (nSPS) is 30.8. The molecule has 1 aliphatic rings. The van der Waals surface area contributed by atoms with Gasteiger partial charge in [-0.1, -0.05) is 77.7 Å². The van der Waals surface area contributed by atoms with Crippen molar-refractivity contribution in [2.45, 2.75) is 134 Å². The van der Waals surface area contributed by atoms with Gasteiger partial charge in [0.2, 0.25) is 5.79 Å². The number of aliphatic hydroxyl groups excluding tert-OH is 3. The molecule has 0 bridgehead atoms. The SMILES string of the molecule is CCCCCCCCC=CC1(O)O[C@H](COC(C)CCCCCC)[C@@H](O)[C@H](O)[C@H]1O. The minimum atomic E-state index is -2.03. The van der Waals surface area contributed by atoms with Crippen molar-refractivity contribution in [1.29, 1.82) is 0 Å². The molecule has 1 saturated heterocycles. The first-order valence-electron chi connectivity index (χ1n) is 12.1. The Morgan fingerprint density at radius 2 is 1.50 bits per heavy atom. The number of allylic oxidation sites excluding steroid dienone is 1. The summed E-state index contributed by atoms with van der Waals surface area (Å²) in [6.07, 6.45) is 11.2. The summed E-state index contributed by atoms with van der Waals surface area (Å²) in [6, 6.07) is 0. The van der Waals surface area contributed by atoms with Gasteiger partial charge in [-0.15, -0.1) is 0 Å². The number of aliphatic hydroxyl groups is 4. The van der Waals surface area contributed by atoms with Crippen molar-refractivity contribution in [3.05, 3.63) is 12.2 Å². The van der Waals surface area contributed by atoms with Crippen LogP contribution >= 0.6 is 0 Å². The maximum atomic E-state index is 10.8. The van der Waals surface area contributed by atoms with Crippen LogP contribution in [0.2, 0.25) is 0 Å². The van der Waals surface area contributed by atoms with E-state index < -0.39 is 30.2 Å². The predicted molar refractivity (Wildman–Crippen MR) is 119 cm³/mol. The standard InChI is InChI=1S/C24H46O6/c1-4-6-8-10-11-12-13-15-17-24(28)23(27)22(26)21(25)20(30-24)18-29-19(3)16-14-9-7-5-2/h15,17,19-23,25-28H,4-14,16,18H2,1-3H3/t19?,20-,21-,22+,23-,24?/m1/s1. The zero-order valence-corrected chi connectivity index (χ0v) is 19.3. The number of ether oxygens (including phenoxy) is 2. The van der Waals surface area contributed by atoms with E-state index in [1.165, 1.54) is 51.0 Å². The third kappa shape index (κ3) is 9.75. The number of hydrogen-bond donors (Lipinski definition) is 4. The van der Waals surface area contributed by atoms with Crippen molar-refractivity contribution in [3.63, 3.8) is 0 Å². The summed E-state index contributed by atoms with van der Waals surface area (Å²) in [5, 5.41) is 41.5. The van der Waals surface area contributed by atoms with Crippen molar-refractivity contribution >= 4 is 0 Å². The molecule has 1 rings (SSSR count). The molecule has 6 atom stereocenters. The van der Waals surface area contributed by atoms with Crippen LogP contribution in [0, 0.1) is 0 Å². The Bertz CT molecular complexity index is 457. The molecule has 2 unspecified atom stereocenters. The topological polar surface area (TPSA) is 99.4 Å². The summed E-state index contributed by atoms with van der Waals surface area (Å²) >= 11 is 0. The highest BCUT2D eigenvalue weighted by atomic mass is 16.7. The van der Waals surface area contributed by atoms with Gasteiger partial charge >= 0.3 is 0 Å². The molecule has 1 aliphatic heterocycles. The number of unbranched alkanes of at least 4 members (excludes halogenated alkanes) is 9. The lowest BCUT2D eigenvalue weighted by atomic mass is 9.92. The van der Waals surface area contributed by atoms with Crippen LogP contribution in [0.5, 0.6) is 0 Å². The van der Waals surface area contributed by atoms with Crippen LogP contribution in [0.15, 0.2) is 12.2 Å². The minimum absolute atomic E-state index is 0.00186. The summed E-state index contributed by atoms with van der Waals surface area (Å²) in [5.74, 6) is -2.03. The second-order valence-corrected chi connectivity index (χ2v) is 8.79. The molecular formula is C24H46O6. The molecule has 0 spiro atoms. The van der Waals surface area contributed by atoms with E-state index in [4.69, 9.17) is 9.47 Å². The van der Waals surface area contributed by atoms with E-state index in [0.29, 0.717) is 0 Å². The maximum Gasteiger partial charge on any atom is 0.215 e. The van der Waals surface area contributed by atoms with E-state index >= 15 is 0 Å². The lowest BCUT2D eigenvalue weighted by Gasteiger charge is -2.44. The quantitative estimate of drug-likeness (QED) is 0.219. The van der Waals surface area contributed by atoms with Gasteiger partial charge in [0.1, 0.15) is 24.4 Å². The molecule has 0 aromatic heterocycles. The predicted octanol–water partition coefficient (Wildman–Crippen LogP) is 3.84. The van der Waals surface area contributed by atoms with Crippen LogP contribution in [0.4, 0.5) is 0 Å². The highest BCUT2D eigenvalue weighted by Gasteiger charge is 2.51. The summed E-state index contributed by atoms with van der Waals surface area (Å²) in [6.45, 7) is 6.38. The summed E-state index contributed by atoms with van der Waals surface area (Å²) in [4.78, 5) is 0. The van der Waals surface area contributed by atoms with Crippen LogP contribution in [0.25, 0.3) is 0 Å². The van der Waals surface area contributed by atoms with E-state index in [9.17, 15) is 20.4 Å². The Morgan fingerprint density at radius 1 is 0.900 bits per heavy atom. The highest BCUT2D eigenvalue weighted by Crippen LogP contribution is 2.30. The van der Waals surface area contributed by atoms with Crippen molar-refractivity contribution in [2.24, 2.45) is 0 Å². The fourth-order valence-electron chi connectivity index (χ4n) is 3.80. The second kappa shape index (κ2) is 15.3. The third-order valence-electron chi connectivity index (χ3n) is 5.91. The average Bonchev–Trinajstić information content (AvgIpc) is 2.73. The average molecular weight is 431 g/mol. The van der Waals surface area contributed by atoms with Crippen LogP contribution in [0.1, 0.15) is 97.8 Å². The fourth-order valence-corrected chi connectivity index (χ4v) is 3.80. The highest BCUT2D eigenvalue weighted by molar-refractivity contribution is 5.07. The molecule has 30 heavy (non-hydrogen) atoms. The molecule has 6 nitrogen and oxygen atoms in total. The van der Waals surface area contributed by atoms with E-state index in [2.05, 4.69) is 13.8 Å². The second-order valence-electron chi connectivity index (χ2n) is 8.79. The van der Waals surface area contributed by atoms with E-state index in [1.807, 2.05) is 6.92 Å². The van der Waals surface area contributed by atoms with Crippen molar-refractivity contribution in [1.82, 2.24) is 0 Å². The van der Waals surface area contributed by atoms with Crippen LogP contribution in [0.3, 0.4) is 0 Å². The van der Waals surface area contributed by atoms with Crippen LogP contribution < -0.4 is 0 Å². The van der Waals surface area contributed by atoms with Gasteiger partial charge in [-0.2, -0.15) is 0 Å². The molecule has 0 aromatic rings. The van der Waals surface area contributed by atoms with Crippen LogP contribution in [-0.4, -0.2) is 63.3 Å². The first kappa shape index (κ1) is 27.5. The Balaban J connectivity index is 2.48. The Hall–Kier alpha value is -0.500. The molecular weight excluding hydrogens is 384 g/mol. The first-order chi connectivity index (χ1) is 14.4. The number of hydrogen-bond acceptors (Lipinski definition) is 6. The molecule has 4 N–H and O–H groups in total. The smallest absolute Gasteiger partial charge is 0.215 e. The van der Waals surface area contributed by atoms with Crippen molar-refractivity contribution in [3.8, 4) is 0 Å². The van der Waals surface area contributed by atoms with E-state index in [0.717, 1.165) is 32.1 Å². The summed E-state index contributed by atoms with van der Waals surface area (Å²) in [5.41, 5.74) is 0. The van der Waals surface area contributed by atoms with Gasteiger partial charge < -0.3 is 29.9 Å². The molecule has 1 heterocycles. The van der Waals surface area contributed by atoms with Crippen molar-refractivity contribution in [2.75, 3.05) is 6.61 Å². The number of rotatable bonds is 16. The largest absolute Gasteiger partial charge is 0.387 e. The van der Waals surface area contributed by atoms with E-state index in [1.54, 1.807) is 6.08 Å². The minimum Gasteiger partial charge on any atom is -0.387 e. The molecule has 0 saturated carbocycles. The lowest BCUT2D eigenvalue weighted by Crippen LogP contribution is -2.64. The zero-order chi connectivity index (χ0) is 22.4. The Labute approximate surface area is 183 Å². The van der Waals surface area contributed by atoms with Gasteiger partial charge in [-0.3, -0.25) is 0 Å². The van der Waals surface area contributed by atoms with Gasteiger partial charge in [-0.05, 0) is 32.3 Å². The molecule has 178 valence electrons. The first-order valence-corrected chi connectivity index (χ1v) is 12.1. The lowest BCUT2D eigenvalue weighted by molar-refractivity contribution is -0.329. The van der Waals surface area contributed by atoms with Gasteiger partial charge in [0.25, 0.3) is 0 Å². The van der Waals surface area contributed by atoms with Gasteiger partial charge in [-0.25, -0.2) is 0 Å². The Morgan fingerprint density at radius 3 is 2.17 bits per heavy atom. The zero-order valence-electron chi connectivity index (χ0n) is 19.3. The molecule has 0 radical (unpaired) electrons.